The van der Waals surface area contributed by atoms with Crippen molar-refractivity contribution in [3.05, 3.63) is 12.3 Å². The van der Waals surface area contributed by atoms with Gasteiger partial charge >= 0.3 is 0 Å². The Bertz CT molecular complexity index is 165. The Morgan fingerprint density at radius 1 is 1.55 bits per heavy atom. The van der Waals surface area contributed by atoms with Crippen molar-refractivity contribution in [1.82, 2.24) is 5.48 Å². The highest BCUT2D eigenvalue weighted by Crippen LogP contribution is 2.28. The minimum absolute atomic E-state index is 0.0781. The maximum atomic E-state index is 5.09. The average Bonchev–Trinajstić information content (AvgIpc) is 1.95. The molecule has 2 unspecified atom stereocenters. The van der Waals surface area contributed by atoms with E-state index in [0.717, 1.165) is 0 Å². The zero-order valence-electron chi connectivity index (χ0n) is 7.72. The van der Waals surface area contributed by atoms with Gasteiger partial charge in [-0.15, -0.1) is 0 Å². The van der Waals surface area contributed by atoms with Crippen molar-refractivity contribution in [2.24, 2.45) is 11.8 Å². The molecule has 0 saturated heterocycles. The molecule has 1 aliphatic rings. The summed E-state index contributed by atoms with van der Waals surface area (Å²) in [6, 6.07) is 0. The van der Waals surface area contributed by atoms with Crippen molar-refractivity contribution in [1.29, 1.82) is 0 Å². The molecule has 0 saturated carbocycles. The first-order chi connectivity index (χ1) is 5.07. The third kappa shape index (κ3) is 1.41. The van der Waals surface area contributed by atoms with Gasteiger partial charge in [0.1, 0.15) is 6.26 Å². The van der Waals surface area contributed by atoms with Gasteiger partial charge in [-0.1, -0.05) is 20.8 Å². The highest BCUT2D eigenvalue weighted by Gasteiger charge is 2.35. The third-order valence-electron chi connectivity index (χ3n) is 2.86. The smallest absolute Gasteiger partial charge is 0.107 e. The van der Waals surface area contributed by atoms with Gasteiger partial charge in [0, 0.05) is 0 Å². The molecule has 2 nitrogen and oxygen atoms in total. The van der Waals surface area contributed by atoms with Gasteiger partial charge in [0.25, 0.3) is 0 Å². The van der Waals surface area contributed by atoms with Crippen LogP contribution in [0.25, 0.3) is 0 Å². The summed E-state index contributed by atoms with van der Waals surface area (Å²) in [5.41, 5.74) is 3.14. The molecule has 1 aliphatic heterocycles. The van der Waals surface area contributed by atoms with E-state index in [1.54, 1.807) is 6.26 Å². The van der Waals surface area contributed by atoms with E-state index in [-0.39, 0.29) is 5.54 Å². The highest BCUT2D eigenvalue weighted by molar-refractivity contribution is 5.01. The molecule has 1 N–H and O–H groups in total. The van der Waals surface area contributed by atoms with Crippen LogP contribution in [0.2, 0.25) is 0 Å². The minimum atomic E-state index is 0.0781. The van der Waals surface area contributed by atoms with Crippen molar-refractivity contribution in [3.8, 4) is 0 Å². The van der Waals surface area contributed by atoms with Gasteiger partial charge in [-0.2, -0.15) is 5.48 Å². The fourth-order valence-electron chi connectivity index (χ4n) is 1.25. The molecule has 0 spiro atoms. The molecule has 1 heterocycles. The maximum Gasteiger partial charge on any atom is 0.107 e. The molecular weight excluding hydrogens is 138 g/mol. The van der Waals surface area contributed by atoms with Crippen molar-refractivity contribution >= 4 is 0 Å². The van der Waals surface area contributed by atoms with Crippen molar-refractivity contribution in [2.75, 3.05) is 0 Å². The Kier molecular flexibility index (Phi) is 2.23. The van der Waals surface area contributed by atoms with Crippen LogP contribution in [-0.2, 0) is 4.84 Å². The first-order valence-electron chi connectivity index (χ1n) is 4.17. The fraction of sp³-hybridized carbons (Fsp3) is 0.778. The van der Waals surface area contributed by atoms with Gasteiger partial charge < -0.3 is 4.84 Å². The van der Waals surface area contributed by atoms with Crippen LogP contribution in [0.3, 0.4) is 0 Å². The Morgan fingerprint density at radius 2 is 2.18 bits per heavy atom. The number of hydrogen-bond acceptors (Lipinski definition) is 2. The molecule has 11 heavy (non-hydrogen) atoms. The molecule has 0 fully saturated rings. The highest BCUT2D eigenvalue weighted by atomic mass is 16.6. The van der Waals surface area contributed by atoms with Gasteiger partial charge in [0.05, 0.1) is 5.54 Å². The van der Waals surface area contributed by atoms with E-state index in [1.807, 2.05) is 0 Å². The first kappa shape index (κ1) is 8.60. The lowest BCUT2D eigenvalue weighted by Gasteiger charge is -2.40. The Balaban J connectivity index is 2.76. The topological polar surface area (TPSA) is 21.3 Å². The summed E-state index contributed by atoms with van der Waals surface area (Å²) in [7, 11) is 0. The number of hydrogen-bond donors (Lipinski definition) is 1. The predicted octanol–water partition coefficient (Wildman–Crippen LogP) is 2.09. The summed E-state index contributed by atoms with van der Waals surface area (Å²) >= 11 is 0. The Labute approximate surface area is 68.6 Å². The van der Waals surface area contributed by atoms with Gasteiger partial charge in [0.15, 0.2) is 0 Å². The van der Waals surface area contributed by atoms with Gasteiger partial charge in [-0.25, -0.2) is 0 Å². The van der Waals surface area contributed by atoms with E-state index in [4.69, 9.17) is 4.84 Å². The van der Waals surface area contributed by atoms with Crippen LogP contribution in [0.15, 0.2) is 12.3 Å². The summed E-state index contributed by atoms with van der Waals surface area (Å²) in [6.45, 7) is 8.79. The summed E-state index contributed by atoms with van der Waals surface area (Å²) in [5, 5.41) is 0. The van der Waals surface area contributed by atoms with Crippen molar-refractivity contribution < 1.29 is 4.84 Å². The number of rotatable bonds is 1. The van der Waals surface area contributed by atoms with Crippen LogP contribution in [0, 0.1) is 11.8 Å². The van der Waals surface area contributed by atoms with Crippen LogP contribution >= 0.6 is 0 Å². The first-order valence-corrected chi connectivity index (χ1v) is 4.17. The zero-order valence-corrected chi connectivity index (χ0v) is 7.72. The quantitative estimate of drug-likeness (QED) is 0.626. The summed E-state index contributed by atoms with van der Waals surface area (Å²) < 4.78 is 0. The summed E-state index contributed by atoms with van der Waals surface area (Å²) in [6.07, 6.45) is 3.81. The molecule has 64 valence electrons. The monoisotopic (exact) mass is 155 g/mol. The third-order valence-corrected chi connectivity index (χ3v) is 2.86. The molecule has 0 aromatic carbocycles. The summed E-state index contributed by atoms with van der Waals surface area (Å²) in [4.78, 5) is 5.09. The molecule has 0 amide bonds. The van der Waals surface area contributed by atoms with Crippen LogP contribution < -0.4 is 5.48 Å². The van der Waals surface area contributed by atoms with E-state index < -0.39 is 0 Å². The van der Waals surface area contributed by atoms with E-state index in [1.165, 1.54) is 0 Å². The molecule has 0 aliphatic carbocycles. The van der Waals surface area contributed by atoms with Crippen molar-refractivity contribution in [2.45, 2.75) is 33.2 Å². The second-order valence-electron chi connectivity index (χ2n) is 3.77. The molecule has 1 rings (SSSR count). The van der Waals surface area contributed by atoms with Crippen LogP contribution in [0.4, 0.5) is 0 Å². The second kappa shape index (κ2) is 2.86. The lowest BCUT2D eigenvalue weighted by Crippen LogP contribution is -2.52. The standard InChI is InChI=1S/C9H17NO/c1-7(2)9(4)8(3)5-6-11-10-9/h5-8,10H,1-4H3. The summed E-state index contributed by atoms with van der Waals surface area (Å²) in [5.74, 6) is 1.10. The van der Waals surface area contributed by atoms with Crippen LogP contribution in [-0.4, -0.2) is 5.54 Å². The fourth-order valence-corrected chi connectivity index (χ4v) is 1.25. The van der Waals surface area contributed by atoms with Gasteiger partial charge in [-0.3, -0.25) is 0 Å². The lowest BCUT2D eigenvalue weighted by atomic mass is 9.78. The van der Waals surface area contributed by atoms with Crippen LogP contribution in [0.5, 0.6) is 0 Å². The molecular formula is C9H17NO. The molecule has 0 radical (unpaired) electrons. The van der Waals surface area contributed by atoms with E-state index in [2.05, 4.69) is 39.3 Å². The van der Waals surface area contributed by atoms with Gasteiger partial charge in [0.2, 0.25) is 0 Å². The SMILES string of the molecule is CC(C)C1(C)NOC=CC1C. The average molecular weight is 155 g/mol. The van der Waals surface area contributed by atoms with E-state index >= 15 is 0 Å². The van der Waals surface area contributed by atoms with Crippen molar-refractivity contribution in [3.63, 3.8) is 0 Å². The maximum absolute atomic E-state index is 5.09. The Hall–Kier alpha value is -0.500. The predicted molar refractivity (Wildman–Crippen MR) is 45.8 cm³/mol. The molecule has 0 aromatic rings. The van der Waals surface area contributed by atoms with E-state index in [9.17, 15) is 0 Å². The number of hydroxylamine groups is 1. The molecule has 0 aromatic heterocycles. The normalized spacial score (nSPS) is 37.4. The molecule has 0 bridgehead atoms. The van der Waals surface area contributed by atoms with E-state index in [0.29, 0.717) is 11.8 Å². The second-order valence-corrected chi connectivity index (χ2v) is 3.77. The Morgan fingerprint density at radius 3 is 2.55 bits per heavy atom. The molecule has 2 atom stereocenters. The van der Waals surface area contributed by atoms with Gasteiger partial charge in [-0.05, 0) is 24.8 Å². The minimum Gasteiger partial charge on any atom is -0.416 e. The molecule has 2 heteroatoms. The number of nitrogens with one attached hydrogen (secondary N) is 1. The van der Waals surface area contributed by atoms with Crippen LogP contribution in [0.1, 0.15) is 27.7 Å². The lowest BCUT2D eigenvalue weighted by molar-refractivity contribution is -0.0103. The largest absolute Gasteiger partial charge is 0.416 e. The zero-order chi connectivity index (χ0) is 8.48.